The van der Waals surface area contributed by atoms with Crippen LogP contribution in [0.4, 0.5) is 17.6 Å². The van der Waals surface area contributed by atoms with Crippen LogP contribution in [0.25, 0.3) is 0 Å². The lowest BCUT2D eigenvalue weighted by atomic mass is 9.96. The van der Waals surface area contributed by atoms with E-state index in [1.807, 2.05) is 0 Å². The van der Waals surface area contributed by atoms with Crippen LogP contribution in [0.1, 0.15) is 17.8 Å². The van der Waals surface area contributed by atoms with Gasteiger partial charge >= 0.3 is 6.18 Å². The molecule has 0 spiro atoms. The van der Waals surface area contributed by atoms with Crippen LogP contribution in [0.2, 0.25) is 0 Å². The maximum atomic E-state index is 13.6. The van der Waals surface area contributed by atoms with E-state index in [0.29, 0.717) is 5.56 Å². The normalized spacial score (nSPS) is 16.8. The van der Waals surface area contributed by atoms with Gasteiger partial charge in [0.05, 0.1) is 12.8 Å². The van der Waals surface area contributed by atoms with Crippen molar-refractivity contribution in [1.29, 1.82) is 0 Å². The number of carbonyl (C=O) groups excluding carboxylic acids is 2. The van der Waals surface area contributed by atoms with Crippen molar-refractivity contribution in [3.05, 3.63) is 53.9 Å². The van der Waals surface area contributed by atoms with Crippen LogP contribution < -0.4 is 0 Å². The number of aliphatic hydroxyl groups is 1. The minimum atomic E-state index is -5.10. The highest BCUT2D eigenvalue weighted by Crippen LogP contribution is 2.41. The number of carbonyl (C=O) groups is 2. The molecule has 2 heterocycles. The molecular weight excluding hydrogens is 420 g/mol. The first kappa shape index (κ1) is 22.7. The number of nitrogens with zero attached hydrogens (tertiary/aromatic N) is 4. The minimum Gasteiger partial charge on any atom is -0.374 e. The molecule has 0 bridgehead atoms. The zero-order valence-corrected chi connectivity index (χ0v) is 16.8. The average Bonchev–Trinajstić information content (AvgIpc) is 3.15. The molecule has 1 atom stereocenters. The number of aromatic nitrogens is 2. The highest BCUT2D eigenvalue weighted by Gasteiger charge is 2.59. The Morgan fingerprint density at radius 3 is 2.06 bits per heavy atom. The van der Waals surface area contributed by atoms with Crippen molar-refractivity contribution >= 4 is 11.8 Å². The Hall–Kier alpha value is -2.95. The van der Waals surface area contributed by atoms with E-state index in [4.69, 9.17) is 0 Å². The van der Waals surface area contributed by atoms with E-state index in [9.17, 15) is 32.3 Å². The van der Waals surface area contributed by atoms with E-state index in [-0.39, 0.29) is 38.5 Å². The second kappa shape index (κ2) is 8.66. The number of alkyl halides is 3. The second-order valence-corrected chi connectivity index (χ2v) is 7.46. The summed E-state index contributed by atoms with van der Waals surface area (Å²) >= 11 is 0. The van der Waals surface area contributed by atoms with Gasteiger partial charge in [-0.05, 0) is 17.7 Å². The fourth-order valence-corrected chi connectivity index (χ4v) is 3.49. The summed E-state index contributed by atoms with van der Waals surface area (Å²) in [4.78, 5) is 31.2. The van der Waals surface area contributed by atoms with Gasteiger partial charge in [0.1, 0.15) is 5.82 Å². The van der Waals surface area contributed by atoms with Gasteiger partial charge in [-0.3, -0.25) is 9.59 Å². The number of hydrogen-bond donors (Lipinski definition) is 1. The molecule has 0 aliphatic carbocycles. The number of piperazine rings is 1. The smallest absolute Gasteiger partial charge is 0.374 e. The Bertz CT molecular complexity index is 937. The molecule has 1 aliphatic heterocycles. The van der Waals surface area contributed by atoms with Crippen LogP contribution in [-0.4, -0.2) is 68.6 Å². The number of rotatable bonds is 5. The highest BCUT2D eigenvalue weighted by atomic mass is 19.4. The molecule has 11 heteroatoms. The second-order valence-electron chi connectivity index (χ2n) is 7.46. The van der Waals surface area contributed by atoms with Crippen molar-refractivity contribution in [2.45, 2.75) is 24.6 Å². The van der Waals surface area contributed by atoms with Gasteiger partial charge in [-0.25, -0.2) is 9.37 Å². The van der Waals surface area contributed by atoms with Crippen LogP contribution in [0.3, 0.4) is 0 Å². The van der Waals surface area contributed by atoms with Crippen molar-refractivity contribution in [1.82, 2.24) is 19.4 Å². The van der Waals surface area contributed by atoms with Crippen molar-refractivity contribution in [2.24, 2.45) is 7.05 Å². The first-order valence-corrected chi connectivity index (χ1v) is 9.58. The van der Waals surface area contributed by atoms with Gasteiger partial charge in [0.2, 0.25) is 17.4 Å². The molecule has 3 rings (SSSR count). The Balaban J connectivity index is 1.61. The van der Waals surface area contributed by atoms with Gasteiger partial charge in [0, 0.05) is 45.6 Å². The Morgan fingerprint density at radius 2 is 1.58 bits per heavy atom. The van der Waals surface area contributed by atoms with E-state index < -0.39 is 35.7 Å². The first-order valence-electron chi connectivity index (χ1n) is 9.58. The fourth-order valence-electron chi connectivity index (χ4n) is 3.49. The SMILES string of the molecule is Cn1ccnc1C(O)(CC(=O)N1CCN(C(=O)Cc2ccc(F)cc2)CC1)C(F)(F)F. The predicted octanol–water partition coefficient (Wildman–Crippen LogP) is 1.61. The van der Waals surface area contributed by atoms with E-state index in [0.717, 1.165) is 10.8 Å². The summed E-state index contributed by atoms with van der Waals surface area (Å²) in [6, 6.07) is 5.51. The zero-order valence-electron chi connectivity index (χ0n) is 16.8. The predicted molar refractivity (Wildman–Crippen MR) is 101 cm³/mol. The molecule has 1 aromatic carbocycles. The molecule has 1 aromatic heterocycles. The van der Waals surface area contributed by atoms with Gasteiger partial charge in [-0.15, -0.1) is 0 Å². The largest absolute Gasteiger partial charge is 0.425 e. The van der Waals surface area contributed by atoms with Gasteiger partial charge in [-0.1, -0.05) is 12.1 Å². The molecular formula is C20H22F4N4O3. The fraction of sp³-hybridized carbons (Fsp3) is 0.450. The van der Waals surface area contributed by atoms with Gasteiger partial charge in [0.15, 0.2) is 5.82 Å². The molecule has 1 saturated heterocycles. The number of aryl methyl sites for hydroxylation is 1. The van der Waals surface area contributed by atoms with Crippen molar-refractivity contribution in [3.8, 4) is 0 Å². The lowest BCUT2D eigenvalue weighted by molar-refractivity contribution is -0.272. The van der Waals surface area contributed by atoms with E-state index >= 15 is 0 Å². The number of imidazole rings is 1. The molecule has 2 amide bonds. The lowest BCUT2D eigenvalue weighted by Crippen LogP contribution is -2.54. The molecule has 7 nitrogen and oxygen atoms in total. The number of benzene rings is 1. The summed E-state index contributed by atoms with van der Waals surface area (Å²) in [5, 5.41) is 10.4. The van der Waals surface area contributed by atoms with Crippen LogP contribution >= 0.6 is 0 Å². The van der Waals surface area contributed by atoms with Gasteiger partial charge < -0.3 is 19.5 Å². The van der Waals surface area contributed by atoms with Crippen molar-refractivity contribution in [3.63, 3.8) is 0 Å². The standard InChI is InChI=1S/C20H22F4N4O3/c1-26-7-6-25-18(26)19(31,20(22,23)24)13-17(30)28-10-8-27(9-11-28)16(29)12-14-2-4-15(21)5-3-14/h2-7,31H,8-13H2,1H3. The van der Waals surface area contributed by atoms with Crippen molar-refractivity contribution in [2.75, 3.05) is 26.2 Å². The summed E-state index contributed by atoms with van der Waals surface area (Å²) in [7, 11) is 1.30. The van der Waals surface area contributed by atoms with Crippen LogP contribution in [-0.2, 0) is 28.7 Å². The molecule has 31 heavy (non-hydrogen) atoms. The Kier molecular flexibility index (Phi) is 6.35. The molecule has 1 N–H and O–H groups in total. The molecule has 2 aromatic rings. The summed E-state index contributed by atoms with van der Waals surface area (Å²) in [6.07, 6.45) is -3.88. The number of halogens is 4. The Labute approximate surface area is 175 Å². The number of amides is 2. The summed E-state index contributed by atoms with van der Waals surface area (Å²) in [5.41, 5.74) is -2.78. The molecule has 1 unspecified atom stereocenters. The molecule has 0 radical (unpaired) electrons. The summed E-state index contributed by atoms with van der Waals surface area (Å²) in [6.45, 7) is 0.391. The van der Waals surface area contributed by atoms with Gasteiger partial charge in [0.25, 0.3) is 0 Å². The first-order chi connectivity index (χ1) is 14.5. The summed E-state index contributed by atoms with van der Waals surface area (Å²) < 4.78 is 54.9. The van der Waals surface area contributed by atoms with Crippen LogP contribution in [0.15, 0.2) is 36.7 Å². The number of hydrogen-bond acceptors (Lipinski definition) is 4. The van der Waals surface area contributed by atoms with E-state index in [1.165, 1.54) is 47.3 Å². The maximum absolute atomic E-state index is 13.6. The van der Waals surface area contributed by atoms with E-state index in [2.05, 4.69) is 4.98 Å². The monoisotopic (exact) mass is 442 g/mol. The zero-order chi connectivity index (χ0) is 22.8. The highest BCUT2D eigenvalue weighted by molar-refractivity contribution is 5.80. The average molecular weight is 442 g/mol. The van der Waals surface area contributed by atoms with E-state index in [1.54, 1.807) is 0 Å². The van der Waals surface area contributed by atoms with Crippen LogP contribution in [0.5, 0.6) is 0 Å². The third-order valence-electron chi connectivity index (χ3n) is 5.32. The topological polar surface area (TPSA) is 78.7 Å². The molecule has 1 aliphatic rings. The Morgan fingerprint density at radius 1 is 1.03 bits per heavy atom. The third kappa shape index (κ3) is 4.87. The van der Waals surface area contributed by atoms with Crippen molar-refractivity contribution < 1.29 is 32.3 Å². The molecule has 168 valence electrons. The third-order valence-corrected chi connectivity index (χ3v) is 5.32. The summed E-state index contributed by atoms with van der Waals surface area (Å²) in [5.74, 6) is -2.18. The molecule has 1 fully saturated rings. The lowest BCUT2D eigenvalue weighted by Gasteiger charge is -2.37. The van der Waals surface area contributed by atoms with Gasteiger partial charge in [-0.2, -0.15) is 13.2 Å². The quantitative estimate of drug-likeness (QED) is 0.714. The molecule has 0 saturated carbocycles. The maximum Gasteiger partial charge on any atom is 0.425 e. The van der Waals surface area contributed by atoms with Crippen LogP contribution in [0, 0.1) is 5.82 Å². The minimum absolute atomic E-state index is 0.0441.